The number of aliphatic hydroxyl groups excluding tert-OH is 3. The first-order valence-electron chi connectivity index (χ1n) is 6.76. The molecular weight excluding hydrogens is 292 g/mol. The van der Waals surface area contributed by atoms with Crippen molar-refractivity contribution in [2.75, 3.05) is 0 Å². The summed E-state index contributed by atoms with van der Waals surface area (Å²) in [6.45, 7) is 1.49. The summed E-state index contributed by atoms with van der Waals surface area (Å²) < 4.78 is 9.89. The lowest BCUT2D eigenvalue weighted by Gasteiger charge is -2.38. The van der Waals surface area contributed by atoms with Crippen molar-refractivity contribution in [2.45, 2.75) is 37.6 Å². The van der Waals surface area contributed by atoms with E-state index in [0.717, 1.165) is 6.08 Å². The Morgan fingerprint density at radius 2 is 1.82 bits per heavy atom. The van der Waals surface area contributed by atoms with Gasteiger partial charge in [0.1, 0.15) is 18.0 Å². The van der Waals surface area contributed by atoms with Crippen molar-refractivity contribution in [2.24, 2.45) is 0 Å². The first-order valence-corrected chi connectivity index (χ1v) is 6.76. The van der Waals surface area contributed by atoms with Crippen LogP contribution in [-0.4, -0.2) is 57.1 Å². The number of aromatic hydroxyl groups is 1. The average molecular weight is 310 g/mol. The Labute approximate surface area is 127 Å². The lowest BCUT2D eigenvalue weighted by atomic mass is 10.00. The van der Waals surface area contributed by atoms with E-state index in [2.05, 4.69) is 0 Å². The van der Waals surface area contributed by atoms with Gasteiger partial charge in [0, 0.05) is 6.08 Å². The molecule has 0 unspecified atom stereocenters. The Morgan fingerprint density at radius 3 is 2.45 bits per heavy atom. The molecule has 0 saturated carbocycles. The maximum absolute atomic E-state index is 11.7. The van der Waals surface area contributed by atoms with Gasteiger partial charge in [-0.3, -0.25) is 0 Å². The smallest absolute Gasteiger partial charge is 0.331 e. The number of esters is 1. The largest absolute Gasteiger partial charge is 0.508 e. The molecule has 1 fully saturated rings. The second-order valence-electron chi connectivity index (χ2n) is 5.04. The Morgan fingerprint density at radius 1 is 1.18 bits per heavy atom. The second kappa shape index (κ2) is 6.89. The molecule has 120 valence electrons. The SMILES string of the molecule is C[C@@H]1O[C@@H](O)[C@H](OC(=O)/C=C/c2ccc(O)cc2)[C@H](O)[C@H]1O. The molecule has 0 radical (unpaired) electrons. The fourth-order valence-electron chi connectivity index (χ4n) is 2.07. The van der Waals surface area contributed by atoms with Crippen molar-refractivity contribution in [1.82, 2.24) is 0 Å². The number of rotatable bonds is 3. The molecule has 22 heavy (non-hydrogen) atoms. The molecule has 1 aliphatic heterocycles. The summed E-state index contributed by atoms with van der Waals surface area (Å²) in [6, 6.07) is 6.12. The summed E-state index contributed by atoms with van der Waals surface area (Å²) in [5, 5.41) is 38.3. The van der Waals surface area contributed by atoms with Crippen LogP contribution in [0.2, 0.25) is 0 Å². The zero-order valence-electron chi connectivity index (χ0n) is 11.9. The van der Waals surface area contributed by atoms with Gasteiger partial charge < -0.3 is 29.9 Å². The van der Waals surface area contributed by atoms with E-state index in [4.69, 9.17) is 14.6 Å². The first kappa shape index (κ1) is 16.4. The van der Waals surface area contributed by atoms with Crippen LogP contribution in [0.4, 0.5) is 0 Å². The number of carbonyl (C=O) groups excluding carboxylic acids is 1. The van der Waals surface area contributed by atoms with Crippen molar-refractivity contribution in [3.05, 3.63) is 35.9 Å². The predicted octanol–water partition coefficient (Wildman–Crippen LogP) is -0.224. The Hall–Kier alpha value is -1.93. The highest BCUT2D eigenvalue weighted by atomic mass is 16.7. The molecule has 1 aromatic carbocycles. The van der Waals surface area contributed by atoms with Crippen LogP contribution in [0, 0.1) is 0 Å². The van der Waals surface area contributed by atoms with Crippen molar-refractivity contribution in [1.29, 1.82) is 0 Å². The van der Waals surface area contributed by atoms with E-state index in [1.165, 1.54) is 25.1 Å². The lowest BCUT2D eigenvalue weighted by molar-refractivity contribution is -0.281. The standard InChI is InChI=1S/C15H18O7/c1-8-12(18)13(19)14(15(20)21-8)22-11(17)7-4-9-2-5-10(16)6-3-9/h2-8,12-16,18-20H,1H3/b7-4+/t8-,12-,13+,14+,15+/m0/s1. The third kappa shape index (κ3) is 3.83. The molecule has 1 saturated heterocycles. The first-order chi connectivity index (χ1) is 10.4. The van der Waals surface area contributed by atoms with Crippen LogP contribution in [0.1, 0.15) is 12.5 Å². The summed E-state index contributed by atoms with van der Waals surface area (Å²) in [6.07, 6.45) is -3.80. The summed E-state index contributed by atoms with van der Waals surface area (Å²) in [5.41, 5.74) is 0.657. The van der Waals surface area contributed by atoms with Crippen LogP contribution < -0.4 is 0 Å². The summed E-state index contributed by atoms with van der Waals surface area (Å²) in [7, 11) is 0. The second-order valence-corrected chi connectivity index (χ2v) is 5.04. The van der Waals surface area contributed by atoms with Crippen LogP contribution in [0.25, 0.3) is 6.08 Å². The molecule has 7 nitrogen and oxygen atoms in total. The molecule has 7 heteroatoms. The molecule has 1 aromatic rings. The number of phenolic OH excluding ortho intramolecular Hbond substituents is 1. The monoisotopic (exact) mass is 310 g/mol. The molecule has 1 heterocycles. The van der Waals surface area contributed by atoms with Crippen molar-refractivity contribution >= 4 is 12.0 Å². The molecule has 0 bridgehead atoms. The molecular formula is C15H18O7. The molecule has 4 N–H and O–H groups in total. The van der Waals surface area contributed by atoms with Crippen LogP contribution in [0.5, 0.6) is 5.75 Å². The zero-order valence-corrected chi connectivity index (χ0v) is 11.9. The zero-order chi connectivity index (χ0) is 16.3. The Balaban J connectivity index is 1.97. The molecule has 2 rings (SSSR count). The van der Waals surface area contributed by atoms with Gasteiger partial charge in [-0.2, -0.15) is 0 Å². The van der Waals surface area contributed by atoms with Gasteiger partial charge >= 0.3 is 5.97 Å². The van der Waals surface area contributed by atoms with Gasteiger partial charge in [-0.1, -0.05) is 12.1 Å². The molecule has 1 aliphatic rings. The van der Waals surface area contributed by atoms with E-state index < -0.39 is 36.7 Å². The number of carbonyl (C=O) groups is 1. The van der Waals surface area contributed by atoms with Gasteiger partial charge in [0.15, 0.2) is 12.4 Å². The summed E-state index contributed by atoms with van der Waals surface area (Å²) in [4.78, 5) is 11.7. The number of aliphatic hydroxyl groups is 3. The highest BCUT2D eigenvalue weighted by molar-refractivity contribution is 5.87. The highest BCUT2D eigenvalue weighted by Gasteiger charge is 2.44. The van der Waals surface area contributed by atoms with Crippen molar-refractivity contribution in [3.63, 3.8) is 0 Å². The van der Waals surface area contributed by atoms with Gasteiger partial charge in [-0.15, -0.1) is 0 Å². The lowest BCUT2D eigenvalue weighted by Crippen LogP contribution is -2.57. The van der Waals surface area contributed by atoms with E-state index in [1.807, 2.05) is 0 Å². The number of hydrogen-bond donors (Lipinski definition) is 4. The average Bonchev–Trinajstić information content (AvgIpc) is 2.49. The number of ether oxygens (including phenoxy) is 2. The van der Waals surface area contributed by atoms with Gasteiger partial charge in [-0.25, -0.2) is 4.79 Å². The van der Waals surface area contributed by atoms with Gasteiger partial charge in [-0.05, 0) is 30.7 Å². The minimum atomic E-state index is -1.51. The molecule has 0 aromatic heterocycles. The third-order valence-electron chi connectivity index (χ3n) is 3.36. The summed E-state index contributed by atoms with van der Waals surface area (Å²) >= 11 is 0. The Bertz CT molecular complexity index is 539. The van der Waals surface area contributed by atoms with Crippen LogP contribution in [0.15, 0.2) is 30.3 Å². The fourth-order valence-corrected chi connectivity index (χ4v) is 2.07. The van der Waals surface area contributed by atoms with E-state index in [-0.39, 0.29) is 5.75 Å². The predicted molar refractivity (Wildman–Crippen MR) is 75.6 cm³/mol. The van der Waals surface area contributed by atoms with E-state index in [9.17, 15) is 20.1 Å². The van der Waals surface area contributed by atoms with Gasteiger partial charge in [0.25, 0.3) is 0 Å². The van der Waals surface area contributed by atoms with Gasteiger partial charge in [0.05, 0.1) is 6.10 Å². The normalized spacial score (nSPS) is 32.1. The van der Waals surface area contributed by atoms with Gasteiger partial charge in [0.2, 0.25) is 0 Å². The highest BCUT2D eigenvalue weighted by Crippen LogP contribution is 2.22. The van der Waals surface area contributed by atoms with Crippen molar-refractivity contribution < 1.29 is 34.7 Å². The molecule has 0 aliphatic carbocycles. The van der Waals surface area contributed by atoms with Crippen LogP contribution in [0.3, 0.4) is 0 Å². The van der Waals surface area contributed by atoms with Crippen LogP contribution in [-0.2, 0) is 14.3 Å². The van der Waals surface area contributed by atoms with Crippen molar-refractivity contribution in [3.8, 4) is 5.75 Å². The number of benzene rings is 1. The minimum Gasteiger partial charge on any atom is -0.508 e. The molecule has 5 atom stereocenters. The van der Waals surface area contributed by atoms with E-state index in [0.29, 0.717) is 5.56 Å². The topological polar surface area (TPSA) is 116 Å². The number of hydrogen-bond acceptors (Lipinski definition) is 7. The maximum Gasteiger partial charge on any atom is 0.331 e. The van der Waals surface area contributed by atoms with Crippen LogP contribution >= 0.6 is 0 Å². The minimum absolute atomic E-state index is 0.105. The quantitative estimate of drug-likeness (QED) is 0.450. The number of phenols is 1. The van der Waals surface area contributed by atoms with E-state index in [1.54, 1.807) is 12.1 Å². The molecule has 0 spiro atoms. The maximum atomic E-state index is 11.7. The third-order valence-corrected chi connectivity index (χ3v) is 3.36. The molecule has 0 amide bonds. The summed E-state index contributed by atoms with van der Waals surface area (Å²) in [5.74, 6) is -0.699. The fraction of sp³-hybridized carbons (Fsp3) is 0.400. The Kier molecular flexibility index (Phi) is 5.15. The van der Waals surface area contributed by atoms with E-state index >= 15 is 0 Å².